The first-order chi connectivity index (χ1) is 12.7. The minimum absolute atomic E-state index is 0.167. The van der Waals surface area contributed by atoms with Crippen molar-refractivity contribution in [1.82, 2.24) is 14.9 Å². The molecular weight excluding hydrogens is 352 g/mol. The van der Waals surface area contributed by atoms with E-state index < -0.39 is 29.4 Å². The highest BCUT2D eigenvalue weighted by molar-refractivity contribution is 5.81. The van der Waals surface area contributed by atoms with Gasteiger partial charge in [0.1, 0.15) is 17.1 Å². The molecular formula is C20H21F2N3O2. The molecule has 0 spiro atoms. The molecule has 0 aliphatic heterocycles. The fourth-order valence-electron chi connectivity index (χ4n) is 2.91. The topological polar surface area (TPSA) is 56.1 Å². The molecule has 0 saturated heterocycles. The van der Waals surface area contributed by atoms with Gasteiger partial charge < -0.3 is 10.1 Å². The van der Waals surface area contributed by atoms with E-state index in [2.05, 4.69) is 10.3 Å². The lowest BCUT2D eigenvalue weighted by molar-refractivity contribution is 0.0506. The van der Waals surface area contributed by atoms with Crippen molar-refractivity contribution in [3.8, 4) is 5.69 Å². The Balaban J connectivity index is 2.10. The predicted molar refractivity (Wildman–Crippen MR) is 98.8 cm³/mol. The maximum absolute atomic E-state index is 15.2. The van der Waals surface area contributed by atoms with Crippen LogP contribution in [0.25, 0.3) is 16.7 Å². The lowest BCUT2D eigenvalue weighted by atomic mass is 10.2. The number of carbonyl (C=O) groups excluding carboxylic acids is 1. The summed E-state index contributed by atoms with van der Waals surface area (Å²) >= 11 is 0. The van der Waals surface area contributed by atoms with Gasteiger partial charge >= 0.3 is 6.09 Å². The summed E-state index contributed by atoms with van der Waals surface area (Å²) in [5.41, 5.74) is 0.239. The van der Waals surface area contributed by atoms with Crippen molar-refractivity contribution >= 4 is 17.1 Å². The third-order valence-electron chi connectivity index (χ3n) is 3.91. The lowest BCUT2D eigenvalue weighted by Gasteiger charge is -2.23. The zero-order chi connectivity index (χ0) is 19.8. The first-order valence-electron chi connectivity index (χ1n) is 8.57. The van der Waals surface area contributed by atoms with Gasteiger partial charge in [0.2, 0.25) is 0 Å². The molecule has 0 radical (unpaired) electrons. The van der Waals surface area contributed by atoms with Gasteiger partial charge in [0.25, 0.3) is 0 Å². The summed E-state index contributed by atoms with van der Waals surface area (Å²) in [6.07, 6.45) is 0.867. The van der Waals surface area contributed by atoms with Gasteiger partial charge in [-0.1, -0.05) is 6.07 Å². The van der Waals surface area contributed by atoms with E-state index in [9.17, 15) is 9.18 Å². The van der Waals surface area contributed by atoms with Crippen LogP contribution in [0.2, 0.25) is 0 Å². The Morgan fingerprint density at radius 1 is 1.22 bits per heavy atom. The molecule has 0 saturated carbocycles. The summed E-state index contributed by atoms with van der Waals surface area (Å²) < 4.78 is 35.7. The molecule has 0 fully saturated rings. The number of rotatable bonds is 3. The van der Waals surface area contributed by atoms with Gasteiger partial charge in [-0.15, -0.1) is 0 Å². The van der Waals surface area contributed by atoms with Crippen molar-refractivity contribution in [2.75, 3.05) is 0 Å². The number of nitrogens with zero attached hydrogens (tertiary/aromatic N) is 2. The zero-order valence-electron chi connectivity index (χ0n) is 15.6. The van der Waals surface area contributed by atoms with E-state index in [1.54, 1.807) is 45.9 Å². The SMILES string of the molecule is CC(NC(=O)OC(C)(C)C)c1c(F)c2cccnc2n1-c1cccc(F)c1. The number of fused-ring (bicyclic) bond motifs is 1. The summed E-state index contributed by atoms with van der Waals surface area (Å²) in [4.78, 5) is 16.4. The van der Waals surface area contributed by atoms with Crippen molar-refractivity contribution < 1.29 is 18.3 Å². The summed E-state index contributed by atoms with van der Waals surface area (Å²) in [5, 5.41) is 2.92. The van der Waals surface area contributed by atoms with Gasteiger partial charge in [-0.25, -0.2) is 18.6 Å². The Morgan fingerprint density at radius 2 is 1.96 bits per heavy atom. The number of alkyl carbamates (subject to hydrolysis) is 1. The Labute approximate surface area is 156 Å². The Morgan fingerprint density at radius 3 is 2.63 bits per heavy atom. The van der Waals surface area contributed by atoms with Gasteiger partial charge in [0.15, 0.2) is 5.82 Å². The van der Waals surface area contributed by atoms with Crippen LogP contribution in [0.1, 0.15) is 39.4 Å². The van der Waals surface area contributed by atoms with E-state index in [0.29, 0.717) is 11.3 Å². The molecule has 7 heteroatoms. The van der Waals surface area contributed by atoms with Crippen LogP contribution < -0.4 is 5.32 Å². The van der Waals surface area contributed by atoms with E-state index in [0.717, 1.165) is 0 Å². The number of hydrogen-bond donors (Lipinski definition) is 1. The number of nitrogens with one attached hydrogen (secondary N) is 1. The summed E-state index contributed by atoms with van der Waals surface area (Å²) in [7, 11) is 0. The van der Waals surface area contributed by atoms with Gasteiger partial charge in [0, 0.05) is 6.20 Å². The normalized spacial score (nSPS) is 12.8. The number of carbonyl (C=O) groups is 1. The molecule has 3 rings (SSSR count). The average molecular weight is 373 g/mol. The van der Waals surface area contributed by atoms with Crippen molar-refractivity contribution in [2.24, 2.45) is 0 Å². The Hall–Kier alpha value is -2.96. The highest BCUT2D eigenvalue weighted by atomic mass is 19.1. The van der Waals surface area contributed by atoms with Crippen LogP contribution in [0.5, 0.6) is 0 Å². The molecule has 1 atom stereocenters. The first-order valence-corrected chi connectivity index (χ1v) is 8.57. The fraction of sp³-hybridized carbons (Fsp3) is 0.300. The molecule has 1 unspecified atom stereocenters. The molecule has 5 nitrogen and oxygen atoms in total. The van der Waals surface area contributed by atoms with Crippen LogP contribution in [0.15, 0.2) is 42.6 Å². The van der Waals surface area contributed by atoms with Crippen LogP contribution in [0.4, 0.5) is 13.6 Å². The average Bonchev–Trinajstić information content (AvgIpc) is 2.86. The number of hydrogen-bond acceptors (Lipinski definition) is 3. The van der Waals surface area contributed by atoms with Crippen LogP contribution >= 0.6 is 0 Å². The van der Waals surface area contributed by atoms with E-state index in [1.807, 2.05) is 0 Å². The Kier molecular flexibility index (Phi) is 4.87. The minimum atomic E-state index is -0.739. The van der Waals surface area contributed by atoms with Crippen molar-refractivity contribution in [1.29, 1.82) is 0 Å². The Bertz CT molecular complexity index is 993. The number of halogens is 2. The van der Waals surface area contributed by atoms with Gasteiger partial charge in [0.05, 0.1) is 22.8 Å². The minimum Gasteiger partial charge on any atom is -0.444 e. The molecule has 1 N–H and O–H groups in total. The maximum Gasteiger partial charge on any atom is 0.408 e. The second kappa shape index (κ2) is 6.98. The quantitative estimate of drug-likeness (QED) is 0.711. The predicted octanol–water partition coefficient (Wildman–Crippen LogP) is 4.89. The van der Waals surface area contributed by atoms with Crippen LogP contribution in [-0.2, 0) is 4.74 Å². The summed E-state index contributed by atoms with van der Waals surface area (Å²) in [6.45, 7) is 6.86. The van der Waals surface area contributed by atoms with Crippen LogP contribution in [0.3, 0.4) is 0 Å². The number of amides is 1. The number of ether oxygens (including phenoxy) is 1. The van der Waals surface area contributed by atoms with Crippen molar-refractivity contribution in [3.05, 3.63) is 59.9 Å². The van der Waals surface area contributed by atoms with Crippen molar-refractivity contribution in [3.63, 3.8) is 0 Å². The number of benzene rings is 1. The number of pyridine rings is 1. The summed E-state index contributed by atoms with van der Waals surface area (Å²) in [5.74, 6) is -0.977. The summed E-state index contributed by atoms with van der Waals surface area (Å²) in [6, 6.07) is 8.26. The second-order valence-electron chi connectivity index (χ2n) is 7.26. The second-order valence-corrected chi connectivity index (χ2v) is 7.26. The molecule has 2 aromatic heterocycles. The highest BCUT2D eigenvalue weighted by Crippen LogP contribution is 2.31. The van der Waals surface area contributed by atoms with E-state index in [-0.39, 0.29) is 11.1 Å². The maximum atomic E-state index is 15.2. The van der Waals surface area contributed by atoms with E-state index >= 15 is 4.39 Å². The highest BCUT2D eigenvalue weighted by Gasteiger charge is 2.26. The van der Waals surface area contributed by atoms with Crippen LogP contribution in [0, 0.1) is 11.6 Å². The van der Waals surface area contributed by atoms with E-state index in [4.69, 9.17) is 4.74 Å². The molecule has 2 heterocycles. The lowest BCUT2D eigenvalue weighted by Crippen LogP contribution is -2.34. The fourth-order valence-corrected chi connectivity index (χ4v) is 2.91. The van der Waals surface area contributed by atoms with Gasteiger partial charge in [-0.05, 0) is 58.0 Å². The third kappa shape index (κ3) is 3.92. The molecule has 0 bridgehead atoms. The molecule has 142 valence electrons. The molecule has 0 aliphatic carbocycles. The zero-order valence-corrected chi connectivity index (χ0v) is 15.6. The molecule has 1 amide bonds. The monoisotopic (exact) mass is 373 g/mol. The molecule has 27 heavy (non-hydrogen) atoms. The largest absolute Gasteiger partial charge is 0.444 e. The van der Waals surface area contributed by atoms with Crippen LogP contribution in [-0.4, -0.2) is 21.2 Å². The first kappa shape index (κ1) is 18.8. The molecule has 0 aliphatic rings. The smallest absolute Gasteiger partial charge is 0.408 e. The molecule has 3 aromatic rings. The van der Waals surface area contributed by atoms with Crippen molar-refractivity contribution in [2.45, 2.75) is 39.3 Å². The third-order valence-corrected chi connectivity index (χ3v) is 3.91. The molecule has 1 aromatic carbocycles. The standard InChI is InChI=1S/C20H21F2N3O2/c1-12(24-19(26)27-20(2,3)4)17-16(22)15-9-6-10-23-18(15)25(17)14-8-5-7-13(21)11-14/h5-12H,1-4H3,(H,24,26). The van der Waals surface area contributed by atoms with Gasteiger partial charge in [-0.3, -0.25) is 4.57 Å². The number of aromatic nitrogens is 2. The van der Waals surface area contributed by atoms with Gasteiger partial charge in [-0.2, -0.15) is 0 Å². The van der Waals surface area contributed by atoms with E-state index in [1.165, 1.54) is 29.0 Å².